The fourth-order valence-electron chi connectivity index (χ4n) is 1.69. The average molecular weight is 297 g/mol. The Morgan fingerprint density at radius 2 is 1.95 bits per heavy atom. The first-order chi connectivity index (χ1) is 9.22. The molecule has 2 aromatic rings. The van der Waals surface area contributed by atoms with E-state index in [0.717, 1.165) is 22.6 Å². The topological polar surface area (TPSA) is 18.5 Å². The van der Waals surface area contributed by atoms with Gasteiger partial charge >= 0.3 is 0 Å². The van der Waals surface area contributed by atoms with Crippen LogP contribution in [0.25, 0.3) is 0 Å². The van der Waals surface area contributed by atoms with Crippen molar-refractivity contribution in [3.05, 3.63) is 58.6 Å². The molecule has 0 saturated heterocycles. The first-order valence-electron chi connectivity index (χ1n) is 5.83. The molecule has 0 aliphatic carbocycles. The van der Waals surface area contributed by atoms with Gasteiger partial charge in [0.2, 0.25) is 0 Å². The predicted octanol–water partition coefficient (Wildman–Crippen LogP) is 4.67. The molecule has 0 saturated carbocycles. The third kappa shape index (κ3) is 3.79. The highest BCUT2D eigenvalue weighted by Crippen LogP contribution is 2.27. The number of hydrogen-bond acceptors (Lipinski definition) is 2. The van der Waals surface area contributed by atoms with Crippen LogP contribution in [0.2, 0.25) is 5.02 Å². The van der Waals surface area contributed by atoms with Crippen molar-refractivity contribution in [2.45, 2.75) is 12.5 Å². The van der Waals surface area contributed by atoms with E-state index < -0.39 is 0 Å². The highest BCUT2D eigenvalue weighted by atomic mass is 35.5. The zero-order valence-corrected chi connectivity index (χ0v) is 12.0. The Balaban J connectivity index is 2.14. The van der Waals surface area contributed by atoms with Gasteiger partial charge in [0.1, 0.15) is 18.1 Å². The van der Waals surface area contributed by atoms with Gasteiger partial charge in [-0.3, -0.25) is 0 Å². The van der Waals surface area contributed by atoms with E-state index >= 15 is 0 Å². The normalized spacial score (nSPS) is 10.3. The lowest BCUT2D eigenvalue weighted by atomic mass is 10.2. The van der Waals surface area contributed by atoms with E-state index in [2.05, 4.69) is 0 Å². The third-order valence-corrected chi connectivity index (χ3v) is 3.22. The monoisotopic (exact) mass is 296 g/mol. The van der Waals surface area contributed by atoms with Crippen molar-refractivity contribution in [2.75, 3.05) is 7.11 Å². The summed E-state index contributed by atoms with van der Waals surface area (Å²) < 4.78 is 11.0. The van der Waals surface area contributed by atoms with Crippen molar-refractivity contribution in [1.82, 2.24) is 0 Å². The second-order valence-electron chi connectivity index (χ2n) is 4.03. The molecule has 4 heteroatoms. The fraction of sp³-hybridized carbons (Fsp3) is 0.200. The first-order valence-corrected chi connectivity index (χ1v) is 6.74. The molecule has 0 aliphatic rings. The molecular weight excluding hydrogens is 283 g/mol. The smallest absolute Gasteiger partial charge is 0.127 e. The van der Waals surface area contributed by atoms with Gasteiger partial charge in [0.05, 0.1) is 13.0 Å². The van der Waals surface area contributed by atoms with E-state index in [1.54, 1.807) is 7.11 Å². The van der Waals surface area contributed by atoms with E-state index in [4.69, 9.17) is 32.7 Å². The summed E-state index contributed by atoms with van der Waals surface area (Å²) in [5.41, 5.74) is 1.94. The number of rotatable bonds is 5. The standard InChI is InChI=1S/C15H14Cl2O2/c1-18-14-6-5-12(9-16)15(8-14)19-10-11-3-2-4-13(17)7-11/h2-8H,9-10H2,1H3. The van der Waals surface area contributed by atoms with Crippen LogP contribution in [0.5, 0.6) is 11.5 Å². The summed E-state index contributed by atoms with van der Waals surface area (Å²) in [7, 11) is 1.62. The van der Waals surface area contributed by atoms with Gasteiger partial charge in [-0.2, -0.15) is 0 Å². The molecule has 0 N–H and O–H groups in total. The summed E-state index contributed by atoms with van der Waals surface area (Å²) in [4.78, 5) is 0. The SMILES string of the molecule is COc1ccc(CCl)c(OCc2cccc(Cl)c2)c1. The Kier molecular flexibility index (Phi) is 4.94. The minimum atomic E-state index is 0.398. The number of methoxy groups -OCH3 is 1. The lowest BCUT2D eigenvalue weighted by Gasteiger charge is -2.11. The maximum atomic E-state index is 5.94. The molecular formula is C15H14Cl2O2. The minimum absolute atomic E-state index is 0.398. The van der Waals surface area contributed by atoms with Gasteiger partial charge in [0.15, 0.2) is 0 Å². The van der Waals surface area contributed by atoms with Crippen LogP contribution in [0.15, 0.2) is 42.5 Å². The second kappa shape index (κ2) is 6.69. The molecule has 0 heterocycles. The molecule has 0 aromatic heterocycles. The van der Waals surface area contributed by atoms with Gasteiger partial charge in [-0.15, -0.1) is 11.6 Å². The van der Waals surface area contributed by atoms with E-state index in [1.165, 1.54) is 0 Å². The maximum Gasteiger partial charge on any atom is 0.127 e. The molecule has 0 amide bonds. The average Bonchev–Trinajstić information content (AvgIpc) is 2.45. The zero-order valence-electron chi connectivity index (χ0n) is 10.5. The van der Waals surface area contributed by atoms with E-state index in [-0.39, 0.29) is 0 Å². The lowest BCUT2D eigenvalue weighted by Crippen LogP contribution is -1.98. The van der Waals surface area contributed by atoms with Gasteiger partial charge in [-0.1, -0.05) is 29.8 Å². The third-order valence-electron chi connectivity index (χ3n) is 2.70. The van der Waals surface area contributed by atoms with Crippen molar-refractivity contribution in [3.8, 4) is 11.5 Å². The molecule has 2 rings (SSSR count). The molecule has 0 fully saturated rings. The van der Waals surface area contributed by atoms with Gasteiger partial charge in [0, 0.05) is 16.7 Å². The summed E-state index contributed by atoms with van der Waals surface area (Å²) in [5.74, 6) is 1.87. The molecule has 0 atom stereocenters. The zero-order chi connectivity index (χ0) is 13.7. The number of alkyl halides is 1. The van der Waals surface area contributed by atoms with Crippen LogP contribution in [0.1, 0.15) is 11.1 Å². The molecule has 0 aliphatic heterocycles. The first kappa shape index (κ1) is 14.0. The van der Waals surface area contributed by atoms with Crippen LogP contribution in [0.4, 0.5) is 0 Å². The number of hydrogen-bond donors (Lipinski definition) is 0. The molecule has 0 spiro atoms. The molecule has 2 nitrogen and oxygen atoms in total. The highest BCUT2D eigenvalue weighted by molar-refractivity contribution is 6.30. The minimum Gasteiger partial charge on any atom is -0.497 e. The number of benzene rings is 2. The summed E-state index contributed by atoms with van der Waals surface area (Å²) in [6.45, 7) is 0.442. The number of halogens is 2. The van der Waals surface area contributed by atoms with Gasteiger partial charge in [-0.25, -0.2) is 0 Å². The van der Waals surface area contributed by atoms with Gasteiger partial charge in [0.25, 0.3) is 0 Å². The van der Waals surface area contributed by atoms with Crippen molar-refractivity contribution in [3.63, 3.8) is 0 Å². The predicted molar refractivity (Wildman–Crippen MR) is 78.3 cm³/mol. The number of ether oxygens (including phenoxy) is 2. The highest BCUT2D eigenvalue weighted by Gasteiger charge is 2.05. The van der Waals surface area contributed by atoms with Gasteiger partial charge in [-0.05, 0) is 23.8 Å². The largest absolute Gasteiger partial charge is 0.497 e. The molecule has 19 heavy (non-hydrogen) atoms. The fourth-order valence-corrected chi connectivity index (χ4v) is 2.13. The van der Waals surface area contributed by atoms with Crippen LogP contribution in [-0.4, -0.2) is 7.11 Å². The molecule has 100 valence electrons. The Hall–Kier alpha value is -1.38. The van der Waals surface area contributed by atoms with Crippen molar-refractivity contribution >= 4 is 23.2 Å². The second-order valence-corrected chi connectivity index (χ2v) is 4.73. The summed E-state index contributed by atoms with van der Waals surface area (Å²) in [6.07, 6.45) is 0. The Morgan fingerprint density at radius 1 is 1.11 bits per heavy atom. The van der Waals surface area contributed by atoms with Crippen LogP contribution in [-0.2, 0) is 12.5 Å². The maximum absolute atomic E-state index is 5.94. The Labute approximate surface area is 122 Å². The molecule has 2 aromatic carbocycles. The van der Waals surface area contributed by atoms with Crippen molar-refractivity contribution < 1.29 is 9.47 Å². The van der Waals surface area contributed by atoms with E-state index in [9.17, 15) is 0 Å². The van der Waals surface area contributed by atoms with E-state index in [1.807, 2.05) is 42.5 Å². The van der Waals surface area contributed by atoms with Crippen LogP contribution < -0.4 is 9.47 Å². The molecule has 0 radical (unpaired) electrons. The van der Waals surface area contributed by atoms with Crippen molar-refractivity contribution in [2.24, 2.45) is 0 Å². The van der Waals surface area contributed by atoms with Crippen LogP contribution >= 0.6 is 23.2 Å². The lowest BCUT2D eigenvalue weighted by molar-refractivity contribution is 0.301. The summed E-state index contributed by atoms with van der Waals surface area (Å²) in [5, 5.41) is 0.698. The van der Waals surface area contributed by atoms with Crippen LogP contribution in [0, 0.1) is 0 Å². The van der Waals surface area contributed by atoms with Crippen LogP contribution in [0.3, 0.4) is 0 Å². The molecule has 0 unspecified atom stereocenters. The molecule has 0 bridgehead atoms. The Bertz CT molecular complexity index is 556. The van der Waals surface area contributed by atoms with Crippen molar-refractivity contribution in [1.29, 1.82) is 0 Å². The summed E-state index contributed by atoms with van der Waals surface area (Å²) >= 11 is 11.8. The van der Waals surface area contributed by atoms with E-state index in [0.29, 0.717) is 17.5 Å². The quantitative estimate of drug-likeness (QED) is 0.747. The van der Waals surface area contributed by atoms with Gasteiger partial charge < -0.3 is 9.47 Å². The Morgan fingerprint density at radius 3 is 2.63 bits per heavy atom. The summed E-state index contributed by atoms with van der Waals surface area (Å²) in [6, 6.07) is 13.2.